The first-order valence-electron chi connectivity index (χ1n) is 13.0. The number of piperidine rings is 1. The van der Waals surface area contributed by atoms with Gasteiger partial charge in [0.05, 0.1) is 0 Å². The van der Waals surface area contributed by atoms with E-state index in [0.29, 0.717) is 24.1 Å². The van der Waals surface area contributed by atoms with E-state index in [1.165, 1.54) is 0 Å². The standard InChI is InChI=1S/C30H33N5O3/c1-31-27-8-7-24(37)17-21(27)10-14-35(20-36)23-11-15-34(16-12-23)29-18-22(9-13-32-29)30(38)26-19-33(2)28-6-4-3-5-25(26)28/h3-9,13,17-20,23,31,37H,10-12,14-16H2,1-2H3. The van der Waals surface area contributed by atoms with Gasteiger partial charge in [0.1, 0.15) is 11.6 Å². The van der Waals surface area contributed by atoms with Crippen LogP contribution in [0, 0.1) is 0 Å². The molecule has 2 aromatic heterocycles. The molecular formula is C30H33N5O3. The third-order valence-electron chi connectivity index (χ3n) is 7.54. The number of benzene rings is 2. The second kappa shape index (κ2) is 11.0. The van der Waals surface area contributed by atoms with Crippen LogP contribution in [0.15, 0.2) is 67.0 Å². The number of hydrogen-bond acceptors (Lipinski definition) is 6. The van der Waals surface area contributed by atoms with Gasteiger partial charge in [-0.1, -0.05) is 18.2 Å². The van der Waals surface area contributed by atoms with Gasteiger partial charge < -0.3 is 24.8 Å². The minimum Gasteiger partial charge on any atom is -0.508 e. The topological polar surface area (TPSA) is 90.7 Å². The van der Waals surface area contributed by atoms with Gasteiger partial charge in [-0.3, -0.25) is 9.59 Å². The normalized spacial score (nSPS) is 14.0. The Kier molecular flexibility index (Phi) is 7.31. The number of rotatable bonds is 9. The van der Waals surface area contributed by atoms with Gasteiger partial charge in [-0.05, 0) is 61.2 Å². The smallest absolute Gasteiger partial charge is 0.209 e. The van der Waals surface area contributed by atoms with Crippen LogP contribution in [0.4, 0.5) is 11.5 Å². The molecule has 1 aliphatic rings. The number of carbonyl (C=O) groups excluding carboxylic acids is 2. The summed E-state index contributed by atoms with van der Waals surface area (Å²) in [7, 11) is 3.80. The number of phenols is 1. The van der Waals surface area contributed by atoms with Crippen LogP contribution in [0.3, 0.4) is 0 Å². The van der Waals surface area contributed by atoms with E-state index in [1.54, 1.807) is 24.4 Å². The summed E-state index contributed by atoms with van der Waals surface area (Å²) < 4.78 is 1.98. The van der Waals surface area contributed by atoms with Crippen molar-refractivity contribution in [3.63, 3.8) is 0 Å². The number of phenolic OH excluding ortho intramolecular Hbond substituents is 1. The van der Waals surface area contributed by atoms with Crippen LogP contribution >= 0.6 is 0 Å². The second-order valence-corrected chi connectivity index (χ2v) is 9.81. The Morgan fingerprint density at radius 1 is 1.16 bits per heavy atom. The fourth-order valence-electron chi connectivity index (χ4n) is 5.44. The summed E-state index contributed by atoms with van der Waals surface area (Å²) in [6.07, 6.45) is 6.82. The van der Waals surface area contributed by atoms with Crippen LogP contribution in [0.1, 0.15) is 34.3 Å². The lowest BCUT2D eigenvalue weighted by Crippen LogP contribution is -2.45. The molecule has 0 spiro atoms. The summed E-state index contributed by atoms with van der Waals surface area (Å²) >= 11 is 0. The van der Waals surface area contributed by atoms with Crippen molar-refractivity contribution >= 4 is 34.6 Å². The van der Waals surface area contributed by atoms with E-state index in [9.17, 15) is 14.7 Å². The first kappa shape index (κ1) is 25.3. The van der Waals surface area contributed by atoms with Gasteiger partial charge in [0.25, 0.3) is 0 Å². The van der Waals surface area contributed by atoms with Crippen molar-refractivity contribution in [2.24, 2.45) is 7.05 Å². The number of anilines is 2. The predicted molar refractivity (Wildman–Crippen MR) is 150 cm³/mol. The number of nitrogens with zero attached hydrogens (tertiary/aromatic N) is 4. The Labute approximate surface area is 222 Å². The zero-order valence-corrected chi connectivity index (χ0v) is 21.8. The highest BCUT2D eigenvalue weighted by Crippen LogP contribution is 2.27. The molecule has 8 nitrogen and oxygen atoms in total. The number of para-hydroxylation sites is 1. The molecule has 5 rings (SSSR count). The van der Waals surface area contributed by atoms with Crippen LogP contribution in [-0.2, 0) is 18.3 Å². The zero-order chi connectivity index (χ0) is 26.6. The van der Waals surface area contributed by atoms with Gasteiger partial charge >= 0.3 is 0 Å². The largest absolute Gasteiger partial charge is 0.508 e. The molecule has 0 saturated carbocycles. The maximum absolute atomic E-state index is 13.4. The van der Waals surface area contributed by atoms with Crippen LogP contribution in [0.2, 0.25) is 0 Å². The van der Waals surface area contributed by atoms with Crippen molar-refractivity contribution in [3.05, 3.63) is 83.7 Å². The summed E-state index contributed by atoms with van der Waals surface area (Å²) in [5.41, 5.74) is 4.27. The van der Waals surface area contributed by atoms with Crippen LogP contribution in [0.5, 0.6) is 5.75 Å². The van der Waals surface area contributed by atoms with Crippen molar-refractivity contribution in [3.8, 4) is 5.75 Å². The molecule has 3 heterocycles. The minimum atomic E-state index is -0.0136. The summed E-state index contributed by atoms with van der Waals surface area (Å²) in [6.45, 7) is 2.09. The molecule has 8 heteroatoms. The highest BCUT2D eigenvalue weighted by molar-refractivity contribution is 6.16. The average Bonchev–Trinajstić information content (AvgIpc) is 3.30. The lowest BCUT2D eigenvalue weighted by atomic mass is 10.0. The summed E-state index contributed by atoms with van der Waals surface area (Å²) in [5.74, 6) is 0.990. The van der Waals surface area contributed by atoms with Gasteiger partial charge in [-0.15, -0.1) is 0 Å². The Bertz CT molecular complexity index is 1460. The lowest BCUT2D eigenvalue weighted by molar-refractivity contribution is -0.120. The Morgan fingerprint density at radius 3 is 2.71 bits per heavy atom. The predicted octanol–water partition coefficient (Wildman–Crippen LogP) is 4.22. The van der Waals surface area contributed by atoms with Crippen LogP contribution < -0.4 is 10.2 Å². The summed E-state index contributed by atoms with van der Waals surface area (Å²) in [5, 5.41) is 14.0. The fraction of sp³-hybridized carbons (Fsp3) is 0.300. The molecule has 2 aromatic carbocycles. The Balaban J connectivity index is 1.24. The van der Waals surface area contributed by atoms with Crippen LogP contribution in [0.25, 0.3) is 10.9 Å². The summed E-state index contributed by atoms with van der Waals surface area (Å²) in [6, 6.07) is 17.0. The monoisotopic (exact) mass is 511 g/mol. The van der Waals surface area contributed by atoms with Crippen molar-refractivity contribution in [1.82, 2.24) is 14.5 Å². The Morgan fingerprint density at radius 2 is 1.95 bits per heavy atom. The molecule has 1 amide bonds. The molecule has 38 heavy (non-hydrogen) atoms. The molecule has 0 radical (unpaired) electrons. The number of carbonyl (C=O) groups is 2. The highest BCUT2D eigenvalue weighted by Gasteiger charge is 2.25. The average molecular weight is 512 g/mol. The maximum atomic E-state index is 13.4. The number of nitrogens with one attached hydrogen (secondary N) is 1. The van der Waals surface area contributed by atoms with Gasteiger partial charge in [0.15, 0.2) is 5.78 Å². The molecule has 196 valence electrons. The zero-order valence-electron chi connectivity index (χ0n) is 21.8. The van der Waals surface area contributed by atoms with E-state index in [4.69, 9.17) is 0 Å². The lowest BCUT2D eigenvalue weighted by Gasteiger charge is -2.37. The van der Waals surface area contributed by atoms with Crippen molar-refractivity contribution in [2.45, 2.75) is 25.3 Å². The molecule has 1 aliphatic heterocycles. The first-order valence-corrected chi connectivity index (χ1v) is 13.0. The number of aryl methyl sites for hydroxylation is 1. The van der Waals surface area contributed by atoms with Crippen molar-refractivity contribution in [1.29, 1.82) is 0 Å². The highest BCUT2D eigenvalue weighted by atomic mass is 16.3. The van der Waals surface area contributed by atoms with Gasteiger partial charge in [0, 0.05) is 79.9 Å². The van der Waals surface area contributed by atoms with E-state index < -0.39 is 0 Å². The number of amides is 1. The van der Waals surface area contributed by atoms with E-state index in [1.807, 2.05) is 66.2 Å². The number of hydrogen-bond donors (Lipinski definition) is 2. The summed E-state index contributed by atoms with van der Waals surface area (Å²) in [4.78, 5) is 34.0. The van der Waals surface area contributed by atoms with E-state index in [-0.39, 0.29) is 17.6 Å². The van der Waals surface area contributed by atoms with Gasteiger partial charge in [0.2, 0.25) is 6.41 Å². The third kappa shape index (κ3) is 5.07. The number of aromatic nitrogens is 2. The number of aromatic hydroxyl groups is 1. The molecule has 0 aliphatic carbocycles. The maximum Gasteiger partial charge on any atom is 0.209 e. The first-order chi connectivity index (χ1) is 18.5. The van der Waals surface area contributed by atoms with E-state index >= 15 is 0 Å². The molecule has 4 aromatic rings. The quantitative estimate of drug-likeness (QED) is 0.199. The fourth-order valence-corrected chi connectivity index (χ4v) is 5.44. The second-order valence-electron chi connectivity index (χ2n) is 9.81. The van der Waals surface area contributed by atoms with E-state index in [2.05, 4.69) is 15.2 Å². The molecule has 1 saturated heterocycles. The molecule has 0 bridgehead atoms. The number of fused-ring (bicyclic) bond motifs is 1. The SMILES string of the molecule is CNc1ccc(O)cc1CCN(C=O)C1CCN(c2cc(C(=O)c3cn(C)c4ccccc34)ccn2)CC1. The molecule has 0 atom stereocenters. The molecular weight excluding hydrogens is 478 g/mol. The number of ketones is 1. The van der Waals surface area contributed by atoms with Gasteiger partial charge in [-0.2, -0.15) is 0 Å². The molecule has 2 N–H and O–H groups in total. The molecule has 1 fully saturated rings. The number of pyridine rings is 1. The third-order valence-corrected chi connectivity index (χ3v) is 7.54. The van der Waals surface area contributed by atoms with E-state index in [0.717, 1.165) is 60.3 Å². The van der Waals surface area contributed by atoms with Crippen LogP contribution in [-0.4, -0.2) is 64.5 Å². The molecule has 0 unspecified atom stereocenters. The minimum absolute atomic E-state index is 0.0136. The van der Waals surface area contributed by atoms with Crippen molar-refractivity contribution < 1.29 is 14.7 Å². The Hall–Kier alpha value is -4.33. The van der Waals surface area contributed by atoms with Crippen molar-refractivity contribution in [2.75, 3.05) is 36.9 Å². The van der Waals surface area contributed by atoms with Gasteiger partial charge in [-0.25, -0.2) is 4.98 Å².